The van der Waals surface area contributed by atoms with Crippen LogP contribution in [0.1, 0.15) is 28.0 Å². The third-order valence-electron chi connectivity index (χ3n) is 5.18. The number of thioether (sulfide) groups is 1. The van der Waals surface area contributed by atoms with E-state index in [1.165, 1.54) is 16.7 Å². The number of nitrogens with zero attached hydrogens (tertiary/aromatic N) is 1. The molecule has 1 aliphatic heterocycles. The topological polar surface area (TPSA) is 59.8 Å². The highest BCUT2D eigenvalue weighted by molar-refractivity contribution is 8.03. The Balaban J connectivity index is 1.53. The lowest BCUT2D eigenvalue weighted by Gasteiger charge is -2.16. The van der Waals surface area contributed by atoms with Crippen molar-refractivity contribution in [3.63, 3.8) is 0 Å². The van der Waals surface area contributed by atoms with Crippen LogP contribution in [0.4, 0.5) is 0 Å². The van der Waals surface area contributed by atoms with Gasteiger partial charge in [0, 0.05) is 0 Å². The largest absolute Gasteiger partial charge is 0.492 e. The maximum Gasteiger partial charge on any atom is 0.268 e. The molecule has 1 aliphatic rings. The molecular formula is C26H25NO4S. The van der Waals surface area contributed by atoms with Crippen molar-refractivity contribution in [3.05, 3.63) is 93.8 Å². The Kier molecular flexibility index (Phi) is 6.51. The minimum Gasteiger partial charge on any atom is -0.492 e. The van der Waals surface area contributed by atoms with Crippen LogP contribution < -0.4 is 4.74 Å². The molecule has 4 rings (SSSR count). The highest BCUT2D eigenvalue weighted by Gasteiger charge is 2.39. The van der Waals surface area contributed by atoms with Gasteiger partial charge in [0.05, 0.1) is 29.0 Å². The van der Waals surface area contributed by atoms with Crippen LogP contribution in [0.25, 0.3) is 5.57 Å². The van der Waals surface area contributed by atoms with E-state index in [-0.39, 0.29) is 25.0 Å². The summed E-state index contributed by atoms with van der Waals surface area (Å²) in [6, 6.07) is 17.3. The number of carbonyl (C=O) groups excluding carboxylic acids is 2. The van der Waals surface area contributed by atoms with Gasteiger partial charge in [-0.1, -0.05) is 35.9 Å². The molecule has 0 spiro atoms. The second-order valence-electron chi connectivity index (χ2n) is 7.87. The second-order valence-corrected chi connectivity index (χ2v) is 8.86. The van der Waals surface area contributed by atoms with Crippen molar-refractivity contribution in [1.29, 1.82) is 0 Å². The van der Waals surface area contributed by atoms with Crippen LogP contribution in [0.5, 0.6) is 5.75 Å². The van der Waals surface area contributed by atoms with Crippen LogP contribution in [0, 0.1) is 20.8 Å². The van der Waals surface area contributed by atoms with Gasteiger partial charge in [-0.3, -0.25) is 14.5 Å². The Hall–Kier alpha value is -3.25. The first kappa shape index (κ1) is 22.0. The molecule has 0 radical (unpaired) electrons. The molecule has 0 saturated carbocycles. The van der Waals surface area contributed by atoms with Gasteiger partial charge in [0.15, 0.2) is 0 Å². The van der Waals surface area contributed by atoms with Gasteiger partial charge in [-0.05, 0) is 61.7 Å². The van der Waals surface area contributed by atoms with Crippen molar-refractivity contribution >= 4 is 29.1 Å². The minimum absolute atomic E-state index is 0.185. The maximum atomic E-state index is 13.3. The van der Waals surface area contributed by atoms with Crippen molar-refractivity contribution in [1.82, 2.24) is 4.90 Å². The number of hydrogen-bond donors (Lipinski definition) is 0. The Morgan fingerprint density at radius 1 is 0.906 bits per heavy atom. The van der Waals surface area contributed by atoms with Crippen LogP contribution in [0.15, 0.2) is 70.2 Å². The molecule has 164 valence electrons. The van der Waals surface area contributed by atoms with Crippen LogP contribution in [-0.4, -0.2) is 29.9 Å². The summed E-state index contributed by atoms with van der Waals surface area (Å²) >= 11 is 1.33. The summed E-state index contributed by atoms with van der Waals surface area (Å²) in [5.41, 5.74) is 4.49. The number of benzene rings is 2. The Morgan fingerprint density at radius 3 is 2.28 bits per heavy atom. The summed E-state index contributed by atoms with van der Waals surface area (Å²) in [7, 11) is 0. The second kappa shape index (κ2) is 9.49. The first-order valence-corrected chi connectivity index (χ1v) is 11.4. The number of rotatable bonds is 8. The average molecular weight is 448 g/mol. The molecule has 1 aromatic heterocycles. The summed E-state index contributed by atoms with van der Waals surface area (Å²) in [5, 5.41) is 0. The molecule has 3 aromatic rings. The SMILES string of the molecule is Cc1ccc(C2=C(SCc3ccco3)C(=O)N(CCOc3cc(C)cc(C)c3)C2=O)cc1. The molecule has 0 N–H and O–H groups in total. The van der Waals surface area contributed by atoms with Crippen molar-refractivity contribution in [2.45, 2.75) is 26.5 Å². The van der Waals surface area contributed by atoms with Crippen LogP contribution in [-0.2, 0) is 15.3 Å². The van der Waals surface area contributed by atoms with Gasteiger partial charge in [0.2, 0.25) is 0 Å². The molecule has 0 bridgehead atoms. The fourth-order valence-electron chi connectivity index (χ4n) is 3.67. The van der Waals surface area contributed by atoms with E-state index in [0.29, 0.717) is 16.2 Å². The third-order valence-corrected chi connectivity index (χ3v) is 6.28. The van der Waals surface area contributed by atoms with Crippen LogP contribution in [0.3, 0.4) is 0 Å². The molecule has 0 atom stereocenters. The van der Waals surface area contributed by atoms with Gasteiger partial charge in [-0.2, -0.15) is 0 Å². The molecule has 0 fully saturated rings. The smallest absolute Gasteiger partial charge is 0.268 e. The summed E-state index contributed by atoms with van der Waals surface area (Å²) in [6.07, 6.45) is 1.60. The van der Waals surface area contributed by atoms with E-state index in [2.05, 4.69) is 6.07 Å². The van der Waals surface area contributed by atoms with E-state index in [1.54, 1.807) is 6.26 Å². The molecule has 0 aliphatic carbocycles. The fourth-order valence-corrected chi connectivity index (χ4v) is 4.71. The molecule has 6 heteroatoms. The van der Waals surface area contributed by atoms with Gasteiger partial charge in [-0.15, -0.1) is 11.8 Å². The van der Waals surface area contributed by atoms with E-state index in [9.17, 15) is 9.59 Å². The lowest BCUT2D eigenvalue weighted by atomic mass is 10.0. The van der Waals surface area contributed by atoms with Gasteiger partial charge < -0.3 is 9.15 Å². The third kappa shape index (κ3) is 4.81. The first-order chi connectivity index (χ1) is 15.4. The number of amides is 2. The normalized spacial score (nSPS) is 13.9. The maximum absolute atomic E-state index is 13.3. The Morgan fingerprint density at radius 2 is 1.62 bits per heavy atom. The summed E-state index contributed by atoms with van der Waals surface area (Å²) < 4.78 is 11.2. The van der Waals surface area contributed by atoms with Gasteiger partial charge in [-0.25, -0.2) is 0 Å². The van der Waals surface area contributed by atoms with Crippen LogP contribution in [0.2, 0.25) is 0 Å². The number of hydrogen-bond acceptors (Lipinski definition) is 5. The highest BCUT2D eigenvalue weighted by Crippen LogP contribution is 2.37. The molecule has 2 aromatic carbocycles. The molecule has 5 nitrogen and oxygen atoms in total. The quantitative estimate of drug-likeness (QED) is 0.439. The molecule has 0 saturated heterocycles. The average Bonchev–Trinajstić information content (AvgIpc) is 3.34. The predicted molar refractivity (Wildman–Crippen MR) is 126 cm³/mol. The predicted octanol–water partition coefficient (Wildman–Crippen LogP) is 5.30. The van der Waals surface area contributed by atoms with Gasteiger partial charge >= 0.3 is 0 Å². The molecule has 2 amide bonds. The molecule has 32 heavy (non-hydrogen) atoms. The molecular weight excluding hydrogens is 422 g/mol. The minimum atomic E-state index is -0.287. The van der Waals surface area contributed by atoms with Gasteiger partial charge in [0.1, 0.15) is 18.1 Å². The zero-order chi connectivity index (χ0) is 22.7. The van der Waals surface area contributed by atoms with Crippen LogP contribution >= 0.6 is 11.8 Å². The summed E-state index contributed by atoms with van der Waals surface area (Å²) in [6.45, 7) is 6.42. The van der Waals surface area contributed by atoms with E-state index < -0.39 is 0 Å². The number of imide groups is 1. The van der Waals surface area contributed by atoms with E-state index in [4.69, 9.17) is 9.15 Å². The zero-order valence-corrected chi connectivity index (χ0v) is 19.2. The van der Waals surface area contributed by atoms with E-state index in [0.717, 1.165) is 33.8 Å². The van der Waals surface area contributed by atoms with Crippen molar-refractivity contribution in [3.8, 4) is 5.75 Å². The van der Waals surface area contributed by atoms with Gasteiger partial charge in [0.25, 0.3) is 11.8 Å². The summed E-state index contributed by atoms with van der Waals surface area (Å²) in [5.74, 6) is 1.39. The fraction of sp³-hybridized carbons (Fsp3) is 0.231. The lowest BCUT2D eigenvalue weighted by molar-refractivity contribution is -0.136. The van der Waals surface area contributed by atoms with E-state index in [1.807, 2.05) is 69.3 Å². The summed E-state index contributed by atoms with van der Waals surface area (Å²) in [4.78, 5) is 28.2. The lowest BCUT2D eigenvalue weighted by Crippen LogP contribution is -2.35. The first-order valence-electron chi connectivity index (χ1n) is 10.5. The monoisotopic (exact) mass is 447 g/mol. The molecule has 2 heterocycles. The highest BCUT2D eigenvalue weighted by atomic mass is 32.2. The zero-order valence-electron chi connectivity index (χ0n) is 18.4. The van der Waals surface area contributed by atoms with Crippen molar-refractivity contribution in [2.75, 3.05) is 13.2 Å². The van der Waals surface area contributed by atoms with Crippen molar-refractivity contribution in [2.24, 2.45) is 0 Å². The Labute approximate surface area is 192 Å². The standard InChI is InChI=1S/C26H25NO4S/c1-17-6-8-20(9-7-17)23-24(32-16-21-5-4-11-30-21)26(29)27(25(23)28)10-12-31-22-14-18(2)13-19(3)15-22/h4-9,11,13-15H,10,12,16H2,1-3H3. The number of aryl methyl sites for hydroxylation is 3. The Bertz CT molecular complexity index is 1140. The number of carbonyl (C=O) groups is 2. The van der Waals surface area contributed by atoms with E-state index >= 15 is 0 Å². The van der Waals surface area contributed by atoms with Crippen molar-refractivity contribution < 1.29 is 18.7 Å². The number of ether oxygens (including phenoxy) is 1. The molecule has 0 unspecified atom stereocenters. The number of furan rings is 1.